The van der Waals surface area contributed by atoms with Gasteiger partial charge in [-0.25, -0.2) is 9.82 Å². The number of nitrogens with one attached hydrogen (secondary N) is 4. The van der Waals surface area contributed by atoms with E-state index >= 15 is 0 Å². The van der Waals surface area contributed by atoms with Crippen molar-refractivity contribution in [2.75, 3.05) is 13.1 Å². The second kappa shape index (κ2) is 9.60. The van der Waals surface area contributed by atoms with Crippen molar-refractivity contribution in [3.05, 3.63) is 46.4 Å². The molecule has 0 bridgehead atoms. The number of carbonyl (C=O) groups excluding carboxylic acids is 3. The Hall–Kier alpha value is -2.73. The Kier molecular flexibility index (Phi) is 7.11. The van der Waals surface area contributed by atoms with E-state index in [0.717, 1.165) is 0 Å². The van der Waals surface area contributed by atoms with Gasteiger partial charge in [0.25, 0.3) is 5.91 Å². The Labute approximate surface area is 183 Å². The molecule has 0 aromatic heterocycles. The van der Waals surface area contributed by atoms with Crippen LogP contribution in [0, 0.1) is 5.82 Å². The predicted octanol–water partition coefficient (Wildman–Crippen LogP) is -0.676. The normalized spacial score (nSPS) is 20.3. The van der Waals surface area contributed by atoms with Crippen LogP contribution in [0.1, 0.15) is 19.4 Å². The van der Waals surface area contributed by atoms with Crippen LogP contribution in [0.15, 0.2) is 30.0 Å². The first kappa shape index (κ1) is 22.9. The molecule has 2 unspecified atom stereocenters. The van der Waals surface area contributed by atoms with Crippen LogP contribution in [0.2, 0.25) is 5.02 Å². The Balaban J connectivity index is 1.56. The van der Waals surface area contributed by atoms with E-state index in [1.807, 2.05) is 0 Å². The third-order valence-electron chi connectivity index (χ3n) is 4.87. The van der Waals surface area contributed by atoms with Gasteiger partial charge >= 0.3 is 0 Å². The third-order valence-corrected chi connectivity index (χ3v) is 5.16. The van der Waals surface area contributed by atoms with Crippen LogP contribution >= 0.6 is 11.6 Å². The maximum Gasteiger partial charge on any atom is 0.253 e. The lowest BCUT2D eigenvalue weighted by Gasteiger charge is -2.30. The molecule has 0 saturated carbocycles. The van der Waals surface area contributed by atoms with E-state index in [-0.39, 0.29) is 48.1 Å². The number of hydrogen-bond donors (Lipinski definition) is 5. The highest BCUT2D eigenvalue weighted by atomic mass is 35.5. The lowest BCUT2D eigenvalue weighted by molar-refractivity contribution is -0.138. The van der Waals surface area contributed by atoms with E-state index in [0.29, 0.717) is 5.57 Å². The standard InChI is InChI=1S/C19H25ClFN7O3/c1-10(2)28(8-14(29)23-6-11-4-3-5-13(20)16(11)21)15(30)9-27-7-12-17(26-27)24-19(22)25-18(12)31/h3-5,7,10,17,19,24,26H,6,8-9,22H2,1-2H3,(H,23,29)(H,25,31). The van der Waals surface area contributed by atoms with Gasteiger partial charge in [0.05, 0.1) is 17.1 Å². The van der Waals surface area contributed by atoms with Crippen molar-refractivity contribution in [3.8, 4) is 0 Å². The van der Waals surface area contributed by atoms with Gasteiger partial charge in [0.2, 0.25) is 11.8 Å². The molecule has 2 atom stereocenters. The maximum atomic E-state index is 14.0. The van der Waals surface area contributed by atoms with Crippen LogP contribution < -0.4 is 27.1 Å². The topological polar surface area (TPSA) is 132 Å². The average molecular weight is 454 g/mol. The molecular weight excluding hydrogens is 429 g/mol. The summed E-state index contributed by atoms with van der Waals surface area (Å²) in [7, 11) is 0. The average Bonchev–Trinajstić information content (AvgIpc) is 3.09. The number of hydrazine groups is 1. The fourth-order valence-corrected chi connectivity index (χ4v) is 3.45. The summed E-state index contributed by atoms with van der Waals surface area (Å²) < 4.78 is 14.0. The van der Waals surface area contributed by atoms with E-state index in [2.05, 4.69) is 21.4 Å². The molecule has 10 nitrogen and oxygen atoms in total. The van der Waals surface area contributed by atoms with E-state index in [4.69, 9.17) is 17.3 Å². The van der Waals surface area contributed by atoms with Crippen molar-refractivity contribution in [3.63, 3.8) is 0 Å². The van der Waals surface area contributed by atoms with Gasteiger partial charge in [0.1, 0.15) is 24.8 Å². The first-order valence-electron chi connectivity index (χ1n) is 9.71. The van der Waals surface area contributed by atoms with Gasteiger partial charge in [-0.1, -0.05) is 23.7 Å². The summed E-state index contributed by atoms with van der Waals surface area (Å²) in [6, 6.07) is 4.28. The van der Waals surface area contributed by atoms with Crippen molar-refractivity contribution >= 4 is 29.3 Å². The predicted molar refractivity (Wildman–Crippen MR) is 111 cm³/mol. The van der Waals surface area contributed by atoms with Crippen molar-refractivity contribution in [1.82, 2.24) is 31.3 Å². The minimum Gasteiger partial charge on any atom is -0.350 e. The molecule has 168 valence electrons. The molecule has 0 aliphatic carbocycles. The SMILES string of the molecule is CC(C)N(CC(=O)NCc1cccc(Cl)c1F)C(=O)CN1C=C2C(=O)NC(N)NC2N1. The molecule has 2 aliphatic rings. The van der Waals surface area contributed by atoms with Crippen molar-refractivity contribution in [2.45, 2.75) is 38.9 Å². The fourth-order valence-electron chi connectivity index (χ4n) is 3.25. The van der Waals surface area contributed by atoms with E-state index in [1.54, 1.807) is 19.9 Å². The Morgan fingerprint density at radius 3 is 2.84 bits per heavy atom. The molecule has 0 spiro atoms. The first-order valence-corrected chi connectivity index (χ1v) is 10.1. The number of hydrogen-bond acceptors (Lipinski definition) is 7. The number of rotatable bonds is 7. The van der Waals surface area contributed by atoms with E-state index < -0.39 is 24.2 Å². The molecule has 2 heterocycles. The molecule has 0 radical (unpaired) electrons. The highest BCUT2D eigenvalue weighted by Gasteiger charge is 2.35. The van der Waals surface area contributed by atoms with E-state index in [9.17, 15) is 18.8 Å². The molecule has 3 rings (SSSR count). The summed E-state index contributed by atoms with van der Waals surface area (Å²) in [5.74, 6) is -1.68. The fraction of sp³-hybridized carbons (Fsp3) is 0.421. The Morgan fingerprint density at radius 1 is 1.39 bits per heavy atom. The molecule has 3 amide bonds. The van der Waals surface area contributed by atoms with Crippen molar-refractivity contribution in [2.24, 2.45) is 5.73 Å². The zero-order chi connectivity index (χ0) is 22.7. The zero-order valence-corrected chi connectivity index (χ0v) is 17.9. The minimum absolute atomic E-state index is 0.0253. The molecule has 1 saturated heterocycles. The Bertz CT molecular complexity index is 910. The van der Waals surface area contributed by atoms with Crippen LogP contribution in [0.5, 0.6) is 0 Å². The zero-order valence-electron chi connectivity index (χ0n) is 17.1. The number of amides is 3. The number of benzene rings is 1. The summed E-state index contributed by atoms with van der Waals surface area (Å²) in [6.45, 7) is 3.22. The highest BCUT2D eigenvalue weighted by molar-refractivity contribution is 6.30. The van der Waals surface area contributed by atoms with E-state index in [1.165, 1.54) is 28.2 Å². The highest BCUT2D eigenvalue weighted by Crippen LogP contribution is 2.18. The monoisotopic (exact) mass is 453 g/mol. The molecule has 1 fully saturated rings. The summed E-state index contributed by atoms with van der Waals surface area (Å²) in [5, 5.41) is 9.52. The van der Waals surface area contributed by atoms with Crippen molar-refractivity contribution in [1.29, 1.82) is 0 Å². The lowest BCUT2D eigenvalue weighted by Crippen LogP contribution is -2.65. The van der Waals surface area contributed by atoms with Crippen LogP contribution in [0.3, 0.4) is 0 Å². The van der Waals surface area contributed by atoms with Gasteiger partial charge < -0.3 is 20.5 Å². The summed E-state index contributed by atoms with van der Waals surface area (Å²) in [4.78, 5) is 38.6. The van der Waals surface area contributed by atoms with Gasteiger partial charge in [0.15, 0.2) is 0 Å². The minimum atomic E-state index is -0.696. The van der Waals surface area contributed by atoms with Crippen LogP contribution in [-0.4, -0.2) is 59.2 Å². The molecule has 12 heteroatoms. The van der Waals surface area contributed by atoms with Crippen LogP contribution in [0.4, 0.5) is 4.39 Å². The number of fused-ring (bicyclic) bond motifs is 1. The molecule has 2 aliphatic heterocycles. The summed E-state index contributed by atoms with van der Waals surface area (Å²) in [6.07, 6.45) is 0.329. The summed E-state index contributed by atoms with van der Waals surface area (Å²) >= 11 is 5.75. The second-order valence-electron chi connectivity index (χ2n) is 7.50. The molecule has 6 N–H and O–H groups in total. The molecule has 1 aromatic carbocycles. The van der Waals surface area contributed by atoms with Gasteiger partial charge in [-0.3, -0.25) is 25.4 Å². The smallest absolute Gasteiger partial charge is 0.253 e. The number of nitrogens with two attached hydrogens (primary N) is 1. The lowest BCUT2D eigenvalue weighted by atomic mass is 10.2. The second-order valence-corrected chi connectivity index (χ2v) is 7.90. The van der Waals surface area contributed by atoms with Gasteiger partial charge in [-0.05, 0) is 19.9 Å². The van der Waals surface area contributed by atoms with Gasteiger partial charge in [0, 0.05) is 24.4 Å². The van der Waals surface area contributed by atoms with Gasteiger partial charge in [-0.15, -0.1) is 0 Å². The van der Waals surface area contributed by atoms with Crippen LogP contribution in [0.25, 0.3) is 0 Å². The van der Waals surface area contributed by atoms with Crippen molar-refractivity contribution < 1.29 is 18.8 Å². The number of halogens is 2. The third kappa shape index (κ3) is 5.50. The molecular formula is C19H25ClFN7O3. The first-order chi connectivity index (χ1) is 14.7. The number of carbonyl (C=O) groups is 3. The van der Waals surface area contributed by atoms with Crippen LogP contribution in [-0.2, 0) is 20.9 Å². The Morgan fingerprint density at radius 2 is 2.13 bits per heavy atom. The summed E-state index contributed by atoms with van der Waals surface area (Å²) in [5.41, 5.74) is 9.32. The maximum absolute atomic E-state index is 14.0. The number of nitrogens with zero attached hydrogens (tertiary/aromatic N) is 2. The van der Waals surface area contributed by atoms with Gasteiger partial charge in [-0.2, -0.15) is 0 Å². The largest absolute Gasteiger partial charge is 0.350 e. The molecule has 1 aromatic rings. The molecule has 31 heavy (non-hydrogen) atoms. The quantitative estimate of drug-likeness (QED) is 0.369.